The van der Waals surface area contributed by atoms with Crippen molar-refractivity contribution in [3.8, 4) is 0 Å². The molecule has 0 saturated heterocycles. The average molecular weight is 509 g/mol. The molecule has 0 bridgehead atoms. The van der Waals surface area contributed by atoms with Crippen LogP contribution in [0, 0.1) is 0 Å². The van der Waals surface area contributed by atoms with E-state index in [0.29, 0.717) is 18.6 Å². The number of amides is 2. The maximum atomic E-state index is 12.7. The van der Waals surface area contributed by atoms with E-state index in [9.17, 15) is 19.5 Å². The Labute approximate surface area is 215 Å². The van der Waals surface area contributed by atoms with Crippen LogP contribution < -0.4 is 10.6 Å². The summed E-state index contributed by atoms with van der Waals surface area (Å²) in [6.45, 7) is 13.7. The van der Waals surface area contributed by atoms with E-state index in [1.165, 1.54) is 28.5 Å². The highest BCUT2D eigenvalue weighted by atomic mass is 32.2. The average Bonchev–Trinajstić information content (AvgIpc) is 3.48. The molecule has 0 aromatic carbocycles. The summed E-state index contributed by atoms with van der Waals surface area (Å²) >= 11 is 1.46. The zero-order chi connectivity index (χ0) is 26.6. The number of ether oxygens (including phenoxy) is 1. The van der Waals surface area contributed by atoms with Crippen molar-refractivity contribution in [3.05, 3.63) is 34.9 Å². The van der Waals surface area contributed by atoms with Gasteiger partial charge in [0.2, 0.25) is 5.91 Å². The minimum atomic E-state index is -1.09. The number of hydrogen-bond donors (Lipinski definition) is 3. The summed E-state index contributed by atoms with van der Waals surface area (Å²) in [5.74, 6) is -0.643. The second kappa shape index (κ2) is 14.4. The molecule has 35 heavy (non-hydrogen) atoms. The number of carbonyl (C=O) groups excluding carboxylic acids is 2. The van der Waals surface area contributed by atoms with E-state index < -0.39 is 35.2 Å². The molecule has 0 aliphatic heterocycles. The lowest BCUT2D eigenvalue weighted by molar-refractivity contribution is -0.141. The molecule has 2 amide bonds. The van der Waals surface area contributed by atoms with E-state index in [0.717, 1.165) is 25.7 Å². The van der Waals surface area contributed by atoms with Crippen molar-refractivity contribution in [1.82, 2.24) is 10.6 Å². The fourth-order valence-corrected chi connectivity index (χ4v) is 4.23. The van der Waals surface area contributed by atoms with Crippen LogP contribution in [0.25, 0.3) is 0 Å². The van der Waals surface area contributed by atoms with Crippen LogP contribution in [0.5, 0.6) is 0 Å². The molecule has 3 N–H and O–H groups in total. The third-order valence-electron chi connectivity index (χ3n) is 5.49. The lowest BCUT2D eigenvalue weighted by Gasteiger charge is -2.24. The molecular formula is C27H44N2O5S. The number of carboxylic acids is 1. The van der Waals surface area contributed by atoms with Crippen LogP contribution in [0.1, 0.15) is 87.0 Å². The van der Waals surface area contributed by atoms with E-state index in [-0.39, 0.29) is 5.75 Å². The van der Waals surface area contributed by atoms with Gasteiger partial charge >= 0.3 is 12.1 Å². The lowest BCUT2D eigenvalue weighted by atomic mass is 10.1. The number of rotatable bonds is 14. The smallest absolute Gasteiger partial charge is 0.408 e. The van der Waals surface area contributed by atoms with E-state index >= 15 is 0 Å². The molecule has 0 heterocycles. The number of aliphatic carboxylic acids is 1. The van der Waals surface area contributed by atoms with Crippen molar-refractivity contribution < 1.29 is 24.2 Å². The summed E-state index contributed by atoms with van der Waals surface area (Å²) in [5, 5.41) is 14.7. The number of hydrogen-bond acceptors (Lipinski definition) is 5. The largest absolute Gasteiger partial charge is 0.480 e. The molecule has 1 aliphatic carbocycles. The van der Waals surface area contributed by atoms with Gasteiger partial charge in [-0.3, -0.25) is 4.79 Å². The first-order valence-corrected chi connectivity index (χ1v) is 13.5. The van der Waals surface area contributed by atoms with Gasteiger partial charge in [0.25, 0.3) is 0 Å². The lowest BCUT2D eigenvalue weighted by Crippen LogP contribution is -2.54. The maximum absolute atomic E-state index is 12.7. The fourth-order valence-electron chi connectivity index (χ4n) is 3.23. The minimum absolute atomic E-state index is 0.247. The van der Waals surface area contributed by atoms with E-state index in [1.807, 2.05) is 0 Å². The van der Waals surface area contributed by atoms with Crippen LogP contribution in [0.3, 0.4) is 0 Å². The van der Waals surface area contributed by atoms with Crippen LogP contribution in [0.15, 0.2) is 34.9 Å². The third kappa shape index (κ3) is 13.4. The molecule has 1 saturated carbocycles. The molecule has 0 aromatic heterocycles. The normalized spacial score (nSPS) is 16.2. The highest BCUT2D eigenvalue weighted by molar-refractivity contribution is 7.99. The number of carboxylic acid groups (broad SMARTS) is 1. The zero-order valence-electron chi connectivity index (χ0n) is 22.5. The standard InChI is InChI=1S/C27H44N2O5S/c1-19(2)10-8-11-20(3)12-9-13-21(4)14-17-35-18-22(23(30)31)28-24(32)27(15-16-27)29-25(33)34-26(5,6)7/h10,12,14,22H,8-9,11,13,15-18H2,1-7H3,(H,28,32)(H,29,33)(H,30,31)/b20-12+,21-14+/t22-/m0/s1. The molecule has 1 aliphatic rings. The third-order valence-corrected chi connectivity index (χ3v) is 6.46. The second-order valence-corrected chi connectivity index (χ2v) is 11.6. The van der Waals surface area contributed by atoms with Crippen LogP contribution in [0.4, 0.5) is 4.79 Å². The van der Waals surface area contributed by atoms with Crippen LogP contribution in [-0.4, -0.2) is 51.8 Å². The number of alkyl carbamates (subject to hydrolysis) is 1. The molecule has 7 nitrogen and oxygen atoms in total. The first-order chi connectivity index (χ1) is 16.2. The van der Waals surface area contributed by atoms with E-state index in [4.69, 9.17) is 4.74 Å². The Morgan fingerprint density at radius 2 is 1.57 bits per heavy atom. The van der Waals surface area contributed by atoms with Gasteiger partial charge in [0.15, 0.2) is 0 Å². The summed E-state index contributed by atoms with van der Waals surface area (Å²) in [4.78, 5) is 36.4. The summed E-state index contributed by atoms with van der Waals surface area (Å²) in [6.07, 6.45) is 11.0. The van der Waals surface area contributed by atoms with Gasteiger partial charge in [-0.2, -0.15) is 11.8 Å². The highest BCUT2D eigenvalue weighted by Gasteiger charge is 2.52. The zero-order valence-corrected chi connectivity index (χ0v) is 23.3. The molecule has 0 unspecified atom stereocenters. The molecule has 1 rings (SSSR count). The molecule has 1 fully saturated rings. The van der Waals surface area contributed by atoms with E-state index in [2.05, 4.69) is 56.6 Å². The Bertz CT molecular complexity index is 831. The molecule has 8 heteroatoms. The summed E-state index contributed by atoms with van der Waals surface area (Å²) in [5.41, 5.74) is 2.26. The monoisotopic (exact) mass is 508 g/mol. The highest BCUT2D eigenvalue weighted by Crippen LogP contribution is 2.36. The first-order valence-electron chi connectivity index (χ1n) is 12.3. The number of nitrogens with one attached hydrogen (secondary N) is 2. The van der Waals surface area contributed by atoms with Crippen LogP contribution >= 0.6 is 11.8 Å². The van der Waals surface area contributed by atoms with Crippen molar-refractivity contribution in [3.63, 3.8) is 0 Å². The van der Waals surface area contributed by atoms with E-state index in [1.54, 1.807) is 20.8 Å². The number of carbonyl (C=O) groups is 3. The summed E-state index contributed by atoms with van der Waals surface area (Å²) < 4.78 is 5.22. The van der Waals surface area contributed by atoms with Gasteiger partial charge in [-0.15, -0.1) is 0 Å². The van der Waals surface area contributed by atoms with Crippen molar-refractivity contribution in [2.45, 2.75) is 104 Å². The number of allylic oxidation sites excluding steroid dienone is 5. The Hall–Kier alpha value is -2.22. The van der Waals surface area contributed by atoms with Gasteiger partial charge in [0, 0.05) is 11.5 Å². The van der Waals surface area contributed by atoms with Crippen molar-refractivity contribution in [2.75, 3.05) is 11.5 Å². The van der Waals surface area contributed by atoms with Gasteiger partial charge in [0.1, 0.15) is 17.2 Å². The molecule has 198 valence electrons. The maximum Gasteiger partial charge on any atom is 0.408 e. The fraction of sp³-hybridized carbons (Fsp3) is 0.667. The molecule has 0 spiro atoms. The molecule has 0 radical (unpaired) electrons. The van der Waals surface area contributed by atoms with Crippen molar-refractivity contribution in [2.24, 2.45) is 0 Å². The first kappa shape index (κ1) is 30.8. The van der Waals surface area contributed by atoms with Crippen molar-refractivity contribution in [1.29, 1.82) is 0 Å². The van der Waals surface area contributed by atoms with Gasteiger partial charge in [0.05, 0.1) is 0 Å². The predicted molar refractivity (Wildman–Crippen MR) is 144 cm³/mol. The molecule has 0 aromatic rings. The Morgan fingerprint density at radius 1 is 1.00 bits per heavy atom. The topological polar surface area (TPSA) is 105 Å². The molecular weight excluding hydrogens is 464 g/mol. The Morgan fingerprint density at radius 3 is 2.09 bits per heavy atom. The Kier molecular flexibility index (Phi) is 12.6. The van der Waals surface area contributed by atoms with Crippen LogP contribution in [0.2, 0.25) is 0 Å². The summed E-state index contributed by atoms with van der Waals surface area (Å²) in [7, 11) is 0. The minimum Gasteiger partial charge on any atom is -0.480 e. The number of thioether (sulfide) groups is 1. The van der Waals surface area contributed by atoms with Crippen LogP contribution in [-0.2, 0) is 14.3 Å². The quantitative estimate of drug-likeness (QED) is 0.203. The Balaban J connectivity index is 2.43. The van der Waals surface area contributed by atoms with Gasteiger partial charge in [-0.1, -0.05) is 34.9 Å². The summed E-state index contributed by atoms with van der Waals surface area (Å²) in [6, 6.07) is -1.02. The SMILES string of the molecule is CC(C)=CCC/C(C)=C/CC/C(C)=C/CSC[C@H](NC(=O)C1(NC(=O)OC(C)(C)C)CC1)C(=O)O. The molecule has 1 atom stereocenters. The predicted octanol–water partition coefficient (Wildman–Crippen LogP) is 5.77. The van der Waals surface area contributed by atoms with Gasteiger partial charge in [-0.05, 0) is 87.0 Å². The van der Waals surface area contributed by atoms with Crippen molar-refractivity contribution >= 4 is 29.7 Å². The second-order valence-electron chi connectivity index (χ2n) is 10.6. The van der Waals surface area contributed by atoms with Gasteiger partial charge in [-0.25, -0.2) is 9.59 Å². The van der Waals surface area contributed by atoms with Gasteiger partial charge < -0.3 is 20.5 Å².